The molecule has 1 aromatic rings. The summed E-state index contributed by atoms with van der Waals surface area (Å²) in [6.45, 7) is 3.07. The number of carboxylic acids is 1. The number of carbonyl (C=O) groups is 2. The number of nitrogens with zero attached hydrogens (tertiary/aromatic N) is 1. The van der Waals surface area contributed by atoms with Crippen molar-refractivity contribution in [2.75, 3.05) is 19.7 Å². The van der Waals surface area contributed by atoms with Crippen LogP contribution in [0.2, 0.25) is 0 Å². The lowest BCUT2D eigenvalue weighted by atomic mass is 9.96. The van der Waals surface area contributed by atoms with Crippen LogP contribution in [-0.4, -0.2) is 47.9 Å². The van der Waals surface area contributed by atoms with Crippen LogP contribution >= 0.6 is 0 Å². The zero-order chi connectivity index (χ0) is 19.5. The summed E-state index contributed by atoms with van der Waals surface area (Å²) in [7, 11) is 0. The summed E-state index contributed by atoms with van der Waals surface area (Å²) in [5.74, 6) is -4.69. The molecule has 0 aromatic heterocycles. The number of nitrogens with one attached hydrogen (secondary N) is 1. The van der Waals surface area contributed by atoms with Gasteiger partial charge in [0.15, 0.2) is 0 Å². The van der Waals surface area contributed by atoms with E-state index in [1.54, 1.807) is 12.1 Å². The number of rotatable bonds is 5. The lowest BCUT2D eigenvalue weighted by Gasteiger charge is -2.19. The lowest BCUT2D eigenvalue weighted by molar-refractivity contribution is -0.187. The summed E-state index contributed by atoms with van der Waals surface area (Å²) in [5, 5.41) is 11.5. The van der Waals surface area contributed by atoms with Gasteiger partial charge in [0.2, 0.25) is 0 Å². The average Bonchev–Trinajstić information content (AvgIpc) is 3.00. The number of hydrogen-bond acceptors (Lipinski definition) is 3. The minimum absolute atomic E-state index is 0.0688. The summed E-state index contributed by atoms with van der Waals surface area (Å²) in [5.41, 5.74) is 1.66. The summed E-state index contributed by atoms with van der Waals surface area (Å²) in [6.07, 6.45) is -4.67. The molecule has 0 unspecified atom stereocenters. The molecule has 2 rings (SSSR count). The topological polar surface area (TPSA) is 78.9 Å². The fourth-order valence-corrected chi connectivity index (χ4v) is 2.93. The molecule has 6 nitrogen and oxygen atoms in total. The number of carbonyl (C=O) groups excluding carboxylic acids is 1. The highest BCUT2D eigenvalue weighted by Gasteiger charge is 2.53. The molecule has 2 atom stereocenters. The first-order valence-electron chi connectivity index (χ1n) is 8.18. The highest BCUT2D eigenvalue weighted by Crippen LogP contribution is 2.37. The van der Waals surface area contributed by atoms with E-state index in [0.29, 0.717) is 17.9 Å². The monoisotopic (exact) mass is 374 g/mol. The van der Waals surface area contributed by atoms with Crippen molar-refractivity contribution in [3.63, 3.8) is 0 Å². The van der Waals surface area contributed by atoms with Crippen LogP contribution in [0.5, 0.6) is 5.75 Å². The van der Waals surface area contributed by atoms with Gasteiger partial charge in [0.25, 0.3) is 0 Å². The van der Waals surface area contributed by atoms with Crippen molar-refractivity contribution in [1.29, 1.82) is 0 Å². The third kappa shape index (κ3) is 4.59. The molecule has 1 heterocycles. The van der Waals surface area contributed by atoms with Gasteiger partial charge in [-0.3, -0.25) is 4.79 Å². The molecule has 0 spiro atoms. The second kappa shape index (κ2) is 7.84. The van der Waals surface area contributed by atoms with Crippen molar-refractivity contribution in [1.82, 2.24) is 10.2 Å². The molecule has 26 heavy (non-hydrogen) atoms. The third-order valence-corrected chi connectivity index (χ3v) is 4.30. The van der Waals surface area contributed by atoms with Gasteiger partial charge in [-0.25, -0.2) is 4.79 Å². The van der Waals surface area contributed by atoms with Crippen molar-refractivity contribution in [2.45, 2.75) is 26.6 Å². The number of carboxylic acid groups (broad SMARTS) is 1. The summed E-state index contributed by atoms with van der Waals surface area (Å²) in [6, 6.07) is 4.68. The number of urea groups is 1. The number of alkyl halides is 3. The molecular formula is C17H21F3N2O4. The second-order valence-electron chi connectivity index (χ2n) is 6.20. The van der Waals surface area contributed by atoms with E-state index in [4.69, 9.17) is 9.84 Å². The number of aryl methyl sites for hydroxylation is 1. The normalized spacial score (nSPS) is 20.1. The SMILES string of the molecule is CCOc1cc(C)ccc1CNC(=O)N1C[C@@H](C(F)(F)F)[C@H](C(=O)O)C1. The van der Waals surface area contributed by atoms with Gasteiger partial charge in [0, 0.05) is 25.2 Å². The number of halogens is 3. The zero-order valence-corrected chi connectivity index (χ0v) is 14.5. The largest absolute Gasteiger partial charge is 0.494 e. The van der Waals surface area contributed by atoms with Crippen molar-refractivity contribution in [3.05, 3.63) is 29.3 Å². The van der Waals surface area contributed by atoms with Gasteiger partial charge in [-0.15, -0.1) is 0 Å². The highest BCUT2D eigenvalue weighted by atomic mass is 19.4. The number of hydrogen-bond donors (Lipinski definition) is 2. The maximum absolute atomic E-state index is 13.0. The highest BCUT2D eigenvalue weighted by molar-refractivity contribution is 5.77. The van der Waals surface area contributed by atoms with Gasteiger partial charge < -0.3 is 20.1 Å². The Kier molecular flexibility index (Phi) is 5.99. The molecule has 1 saturated heterocycles. The average molecular weight is 374 g/mol. The van der Waals surface area contributed by atoms with E-state index in [2.05, 4.69) is 5.32 Å². The molecule has 2 N–H and O–H groups in total. The lowest BCUT2D eigenvalue weighted by Crippen LogP contribution is -2.39. The van der Waals surface area contributed by atoms with Gasteiger partial charge in [-0.2, -0.15) is 13.2 Å². The minimum Gasteiger partial charge on any atom is -0.494 e. The van der Waals surface area contributed by atoms with Gasteiger partial charge >= 0.3 is 18.2 Å². The Labute approximate surface area is 148 Å². The Morgan fingerprint density at radius 1 is 1.35 bits per heavy atom. The van der Waals surface area contributed by atoms with Gasteiger partial charge in [0.05, 0.1) is 18.4 Å². The number of aliphatic carboxylic acids is 1. The molecule has 0 aliphatic carbocycles. The molecule has 0 radical (unpaired) electrons. The molecule has 144 valence electrons. The van der Waals surface area contributed by atoms with Crippen LogP contribution in [0.25, 0.3) is 0 Å². The van der Waals surface area contributed by atoms with E-state index in [1.807, 2.05) is 19.9 Å². The zero-order valence-electron chi connectivity index (χ0n) is 14.5. The molecule has 0 bridgehead atoms. The molecule has 1 aromatic carbocycles. The Balaban J connectivity index is 2.04. The van der Waals surface area contributed by atoms with Crippen LogP contribution in [0.4, 0.5) is 18.0 Å². The third-order valence-electron chi connectivity index (χ3n) is 4.30. The molecule has 1 fully saturated rings. The molecular weight excluding hydrogens is 353 g/mol. The quantitative estimate of drug-likeness (QED) is 0.831. The van der Waals surface area contributed by atoms with Crippen LogP contribution < -0.4 is 10.1 Å². The predicted octanol–water partition coefficient (Wildman–Crippen LogP) is 2.80. The van der Waals surface area contributed by atoms with Crippen LogP contribution in [0.1, 0.15) is 18.1 Å². The van der Waals surface area contributed by atoms with Crippen molar-refractivity contribution in [3.8, 4) is 5.75 Å². The number of amides is 2. The summed E-state index contributed by atoms with van der Waals surface area (Å²) in [4.78, 5) is 24.2. The van der Waals surface area contributed by atoms with E-state index < -0.39 is 43.1 Å². The number of ether oxygens (including phenoxy) is 1. The van der Waals surface area contributed by atoms with E-state index in [1.165, 1.54) is 0 Å². The van der Waals surface area contributed by atoms with Crippen LogP contribution in [0, 0.1) is 18.8 Å². The Morgan fingerprint density at radius 2 is 2.04 bits per heavy atom. The van der Waals surface area contributed by atoms with E-state index in [0.717, 1.165) is 10.5 Å². The molecule has 2 amide bonds. The van der Waals surface area contributed by atoms with Crippen LogP contribution in [0.3, 0.4) is 0 Å². The van der Waals surface area contributed by atoms with Gasteiger partial charge in [-0.1, -0.05) is 12.1 Å². The molecule has 9 heteroatoms. The van der Waals surface area contributed by atoms with E-state index in [9.17, 15) is 22.8 Å². The smallest absolute Gasteiger partial charge is 0.394 e. The Hall–Kier alpha value is -2.45. The van der Waals surface area contributed by atoms with E-state index >= 15 is 0 Å². The fourth-order valence-electron chi connectivity index (χ4n) is 2.93. The van der Waals surface area contributed by atoms with Crippen molar-refractivity contribution >= 4 is 12.0 Å². The first-order valence-corrected chi connectivity index (χ1v) is 8.18. The maximum atomic E-state index is 13.0. The number of likely N-dealkylation sites (tertiary alicyclic amines) is 1. The number of benzene rings is 1. The summed E-state index contributed by atoms with van der Waals surface area (Å²) >= 11 is 0. The first-order chi connectivity index (χ1) is 12.1. The van der Waals surface area contributed by atoms with Gasteiger partial charge in [-0.05, 0) is 25.5 Å². The Bertz CT molecular complexity index is 678. The first kappa shape index (κ1) is 19.9. The Morgan fingerprint density at radius 3 is 2.58 bits per heavy atom. The second-order valence-corrected chi connectivity index (χ2v) is 6.20. The fraction of sp³-hybridized carbons (Fsp3) is 0.529. The molecule has 1 aliphatic heterocycles. The maximum Gasteiger partial charge on any atom is 0.394 e. The molecule has 0 saturated carbocycles. The predicted molar refractivity (Wildman–Crippen MR) is 86.8 cm³/mol. The standard InChI is InChI=1S/C17H21F3N2O4/c1-3-26-14-6-10(2)4-5-11(14)7-21-16(25)22-8-12(15(23)24)13(9-22)17(18,19)20/h4-6,12-13H,3,7-9H2,1-2H3,(H,21,25)(H,23,24)/t12-,13-/m1/s1. The summed E-state index contributed by atoms with van der Waals surface area (Å²) < 4.78 is 44.5. The minimum atomic E-state index is -4.67. The van der Waals surface area contributed by atoms with Crippen molar-refractivity contribution in [2.24, 2.45) is 11.8 Å². The molecule has 1 aliphatic rings. The van der Waals surface area contributed by atoms with Gasteiger partial charge in [0.1, 0.15) is 5.75 Å². The van der Waals surface area contributed by atoms with E-state index in [-0.39, 0.29) is 6.54 Å². The van der Waals surface area contributed by atoms with Crippen LogP contribution in [0.15, 0.2) is 18.2 Å². The van der Waals surface area contributed by atoms with Crippen LogP contribution in [-0.2, 0) is 11.3 Å². The van der Waals surface area contributed by atoms with Crippen molar-refractivity contribution < 1.29 is 32.6 Å².